The van der Waals surface area contributed by atoms with Gasteiger partial charge in [-0.05, 0) is 49.8 Å². The van der Waals surface area contributed by atoms with Crippen LogP contribution in [-0.2, 0) is 30.3 Å². The highest BCUT2D eigenvalue weighted by Gasteiger charge is 2.21. The third kappa shape index (κ3) is 11.4. The lowest BCUT2D eigenvalue weighted by Crippen LogP contribution is -2.33. The van der Waals surface area contributed by atoms with Crippen molar-refractivity contribution >= 4 is 17.5 Å². The van der Waals surface area contributed by atoms with Crippen molar-refractivity contribution in [1.29, 1.82) is 0 Å². The van der Waals surface area contributed by atoms with Crippen LogP contribution in [-0.4, -0.2) is 76.2 Å². The number of methoxy groups -OCH3 is 1. The quantitative estimate of drug-likeness (QED) is 0.212. The maximum Gasteiger partial charge on any atom is 0.248 e. The number of benzene rings is 1. The van der Waals surface area contributed by atoms with Gasteiger partial charge in [-0.2, -0.15) is 0 Å². The zero-order chi connectivity index (χ0) is 23.9. The summed E-state index contributed by atoms with van der Waals surface area (Å²) < 4.78 is 28.1. The average Bonchev–Trinajstić information content (AvgIpc) is 2.84. The molecule has 7 nitrogen and oxygen atoms in total. The Hall–Kier alpha value is -1.64. The highest BCUT2D eigenvalue weighted by atomic mass is 35.5. The molecule has 8 heteroatoms. The van der Waals surface area contributed by atoms with Crippen molar-refractivity contribution in [3.8, 4) is 5.75 Å². The second-order valence-electron chi connectivity index (χ2n) is 8.18. The third-order valence-electron chi connectivity index (χ3n) is 5.34. The summed E-state index contributed by atoms with van der Waals surface area (Å²) in [7, 11) is 5.05. The number of carbonyl (C=O) groups is 1. The van der Waals surface area contributed by atoms with Crippen molar-refractivity contribution in [2.75, 3.05) is 47.6 Å². The van der Waals surface area contributed by atoms with Gasteiger partial charge < -0.3 is 28.6 Å². The smallest absolute Gasteiger partial charge is 0.248 e. The van der Waals surface area contributed by atoms with Gasteiger partial charge in [-0.15, -0.1) is 11.6 Å². The molecule has 33 heavy (non-hydrogen) atoms. The summed E-state index contributed by atoms with van der Waals surface area (Å²) in [5.41, 5.74) is 1.06. The molecule has 0 aromatic heterocycles. The fraction of sp³-hybridized carbons (Fsp3) is 0.640. The number of carbonyl (C=O) groups excluding carboxylic acids is 1. The Morgan fingerprint density at radius 3 is 2.70 bits per heavy atom. The Balaban J connectivity index is 1.75. The summed E-state index contributed by atoms with van der Waals surface area (Å²) in [5.74, 6) is 0.715. The molecule has 0 bridgehead atoms. The molecule has 186 valence electrons. The van der Waals surface area contributed by atoms with Crippen molar-refractivity contribution < 1.29 is 28.5 Å². The second kappa shape index (κ2) is 16.1. The van der Waals surface area contributed by atoms with E-state index < -0.39 is 0 Å². The lowest BCUT2D eigenvalue weighted by molar-refractivity contribution is -0.155. The minimum absolute atomic E-state index is 0.00872. The van der Waals surface area contributed by atoms with E-state index in [4.69, 9.17) is 35.3 Å². The molecule has 1 fully saturated rings. The van der Waals surface area contributed by atoms with Crippen LogP contribution in [0.1, 0.15) is 37.7 Å². The van der Waals surface area contributed by atoms with E-state index >= 15 is 0 Å². The van der Waals surface area contributed by atoms with Crippen molar-refractivity contribution in [2.45, 2.75) is 56.5 Å². The number of hydrogen-bond donors (Lipinski definition) is 0. The van der Waals surface area contributed by atoms with Crippen molar-refractivity contribution in [1.82, 2.24) is 4.90 Å². The van der Waals surface area contributed by atoms with Crippen LogP contribution >= 0.6 is 11.6 Å². The number of ether oxygens (including phenoxy) is 5. The van der Waals surface area contributed by atoms with Crippen molar-refractivity contribution in [3.05, 3.63) is 42.0 Å². The fourth-order valence-electron chi connectivity index (χ4n) is 3.24. The van der Waals surface area contributed by atoms with Gasteiger partial charge in [0.05, 0.1) is 31.8 Å². The van der Waals surface area contributed by atoms with Crippen LogP contribution < -0.4 is 4.74 Å². The highest BCUT2D eigenvalue weighted by molar-refractivity contribution is 6.21. The van der Waals surface area contributed by atoms with Crippen molar-refractivity contribution in [3.63, 3.8) is 0 Å². The van der Waals surface area contributed by atoms with E-state index in [2.05, 4.69) is 0 Å². The van der Waals surface area contributed by atoms with Crippen LogP contribution in [0.15, 0.2) is 36.4 Å². The van der Waals surface area contributed by atoms with E-state index in [1.807, 2.05) is 36.4 Å². The van der Waals surface area contributed by atoms with E-state index in [-0.39, 0.29) is 30.3 Å². The van der Waals surface area contributed by atoms with Gasteiger partial charge in [0.1, 0.15) is 12.4 Å². The van der Waals surface area contributed by atoms with Crippen LogP contribution in [0.3, 0.4) is 0 Å². The van der Waals surface area contributed by atoms with E-state index in [9.17, 15) is 4.79 Å². The van der Waals surface area contributed by atoms with E-state index in [1.165, 1.54) is 4.90 Å². The highest BCUT2D eigenvalue weighted by Crippen LogP contribution is 2.18. The molecule has 0 saturated carbocycles. The van der Waals surface area contributed by atoms with Gasteiger partial charge in [0.2, 0.25) is 5.91 Å². The molecule has 0 aliphatic carbocycles. The van der Waals surface area contributed by atoms with Gasteiger partial charge in [0.25, 0.3) is 0 Å². The van der Waals surface area contributed by atoms with Gasteiger partial charge in [-0.25, -0.2) is 0 Å². The molecule has 1 saturated heterocycles. The molecule has 1 amide bonds. The van der Waals surface area contributed by atoms with Crippen LogP contribution in [0.25, 0.3) is 0 Å². The Morgan fingerprint density at radius 1 is 1.24 bits per heavy atom. The predicted molar refractivity (Wildman–Crippen MR) is 129 cm³/mol. The van der Waals surface area contributed by atoms with E-state index in [1.54, 1.807) is 21.2 Å². The Bertz CT molecular complexity index is 691. The average molecular weight is 484 g/mol. The fourth-order valence-corrected chi connectivity index (χ4v) is 3.54. The van der Waals surface area contributed by atoms with Gasteiger partial charge in [-0.3, -0.25) is 4.79 Å². The van der Waals surface area contributed by atoms with Crippen molar-refractivity contribution in [2.24, 2.45) is 0 Å². The lowest BCUT2D eigenvalue weighted by atomic mass is 10.1. The van der Waals surface area contributed by atoms with E-state index in [0.717, 1.165) is 37.2 Å². The normalized spacial score (nSPS) is 18.2. The number of allylic oxidation sites excluding steroid dienone is 1. The largest absolute Gasteiger partial charge is 0.497 e. The second-order valence-corrected chi connectivity index (χ2v) is 8.74. The molecule has 0 N–H and O–H groups in total. The summed E-state index contributed by atoms with van der Waals surface area (Å²) >= 11 is 6.63. The van der Waals surface area contributed by atoms with Gasteiger partial charge >= 0.3 is 0 Å². The molecule has 3 atom stereocenters. The Morgan fingerprint density at radius 2 is 2.03 bits per heavy atom. The van der Waals surface area contributed by atoms with Crippen LogP contribution in [0.2, 0.25) is 0 Å². The molecule has 2 rings (SSSR count). The first-order valence-corrected chi connectivity index (χ1v) is 12.0. The molecular weight excluding hydrogens is 446 g/mol. The molecule has 1 aromatic rings. The maximum absolute atomic E-state index is 12.0. The number of rotatable bonds is 15. The number of halogens is 1. The predicted octanol–water partition coefficient (Wildman–Crippen LogP) is 4.17. The zero-order valence-electron chi connectivity index (χ0n) is 20.0. The number of hydrogen-bond acceptors (Lipinski definition) is 6. The third-order valence-corrected chi connectivity index (χ3v) is 5.80. The Labute approximate surface area is 202 Å². The topological polar surface area (TPSA) is 66.5 Å². The first kappa shape index (κ1) is 27.6. The molecule has 1 aromatic carbocycles. The first-order valence-electron chi connectivity index (χ1n) is 11.5. The molecule has 1 aliphatic heterocycles. The molecule has 0 spiro atoms. The minimum Gasteiger partial charge on any atom is -0.497 e. The first-order chi connectivity index (χ1) is 16.0. The summed E-state index contributed by atoms with van der Waals surface area (Å²) in [6.45, 7) is 2.21. The minimum atomic E-state index is -0.307. The van der Waals surface area contributed by atoms with Crippen LogP contribution in [0, 0.1) is 0 Å². The van der Waals surface area contributed by atoms with Crippen LogP contribution in [0.4, 0.5) is 0 Å². The summed E-state index contributed by atoms with van der Waals surface area (Å²) in [6, 6.07) is 7.75. The number of likely N-dealkylation sites (N-methyl/N-ethyl adjacent to an activating group) is 1. The molecular formula is C25H38ClNO6. The lowest BCUT2D eigenvalue weighted by Gasteiger charge is -2.23. The molecule has 0 radical (unpaired) electrons. The van der Waals surface area contributed by atoms with E-state index in [0.29, 0.717) is 32.7 Å². The number of alkyl halides is 1. The van der Waals surface area contributed by atoms with Crippen LogP contribution in [0.5, 0.6) is 5.75 Å². The maximum atomic E-state index is 12.0. The molecule has 1 aliphatic rings. The Kier molecular flexibility index (Phi) is 13.4. The van der Waals surface area contributed by atoms with Gasteiger partial charge in [-0.1, -0.05) is 24.3 Å². The monoisotopic (exact) mass is 483 g/mol. The summed E-state index contributed by atoms with van der Waals surface area (Å²) in [6.07, 6.45) is 7.91. The van der Waals surface area contributed by atoms with Gasteiger partial charge in [0.15, 0.2) is 6.29 Å². The zero-order valence-corrected chi connectivity index (χ0v) is 20.8. The standard InChI is InChI=1S/C25H38ClNO6/c1-27(2)24(28)19-33-23(14-17-30-18-20-10-12-21(29-3)13-11-20)22(26)8-4-6-15-31-25-9-5-7-16-32-25/h4,6,10-13,22-23,25H,5,7-9,14-19H2,1-3H3/b6-4-/t22-,23-,25?/m0/s1. The summed E-state index contributed by atoms with van der Waals surface area (Å²) in [4.78, 5) is 13.5. The molecule has 1 unspecified atom stereocenters. The van der Waals surface area contributed by atoms with Gasteiger partial charge in [0, 0.05) is 27.3 Å². The molecule has 1 heterocycles. The SMILES string of the molecule is COc1ccc(COCC[C@H](OCC(=O)N(C)C)[C@@H](Cl)C/C=C\COC2CCCCO2)cc1. The number of nitrogens with zero attached hydrogens (tertiary/aromatic N) is 1. The summed E-state index contributed by atoms with van der Waals surface area (Å²) in [5, 5.41) is -0.285. The number of amides is 1.